The summed E-state index contributed by atoms with van der Waals surface area (Å²) in [4.78, 5) is 17.2. The van der Waals surface area contributed by atoms with Gasteiger partial charge in [-0.2, -0.15) is 31.3 Å². The number of para-hydroxylation sites is 1. The number of amides is 1. The molecule has 0 bridgehead atoms. The average Bonchev–Trinajstić information content (AvgIpc) is 3.22. The smallest absolute Gasteiger partial charge is 0.416 e. The number of halogens is 6. The van der Waals surface area contributed by atoms with Gasteiger partial charge in [-0.25, -0.2) is 8.42 Å². The van der Waals surface area contributed by atoms with Gasteiger partial charge in [0.15, 0.2) is 21.6 Å². The Morgan fingerprint density at radius 1 is 1.00 bits per heavy atom. The SMILES string of the molecule is O=C(COc1ccccc1)N=C1S[C@H]2CS(=O)(=O)C[C@@H]2N1c1cc(C(F)(F)F)cc(C(F)(F)F)c1. The second kappa shape index (κ2) is 9.04. The van der Waals surface area contributed by atoms with Crippen LogP contribution in [0.3, 0.4) is 0 Å². The summed E-state index contributed by atoms with van der Waals surface area (Å²) in [5.74, 6) is -1.34. The number of ether oxygens (including phenoxy) is 1. The summed E-state index contributed by atoms with van der Waals surface area (Å²) in [5, 5.41) is -0.908. The molecule has 0 aliphatic carbocycles. The van der Waals surface area contributed by atoms with Crippen molar-refractivity contribution in [1.82, 2.24) is 0 Å². The number of hydrogen-bond donors (Lipinski definition) is 0. The van der Waals surface area contributed by atoms with Crippen LogP contribution in [0.25, 0.3) is 0 Å². The predicted molar refractivity (Wildman–Crippen MR) is 117 cm³/mol. The van der Waals surface area contributed by atoms with Gasteiger partial charge in [-0.3, -0.25) is 4.79 Å². The lowest BCUT2D eigenvalue weighted by molar-refractivity contribution is -0.143. The monoisotopic (exact) mass is 538 g/mol. The average molecular weight is 538 g/mol. The molecule has 2 aliphatic heterocycles. The van der Waals surface area contributed by atoms with Crippen LogP contribution in [0.5, 0.6) is 5.75 Å². The number of alkyl halides is 6. The van der Waals surface area contributed by atoms with Crippen molar-refractivity contribution in [2.24, 2.45) is 4.99 Å². The third-order valence-corrected chi connectivity index (χ3v) is 8.45. The first-order valence-corrected chi connectivity index (χ1v) is 12.7. The third kappa shape index (κ3) is 5.74. The second-order valence-corrected chi connectivity index (χ2v) is 11.2. The first kappa shape index (κ1) is 25.4. The molecule has 2 atom stereocenters. The van der Waals surface area contributed by atoms with E-state index in [1.165, 1.54) is 0 Å². The zero-order chi connectivity index (χ0) is 25.6. The van der Waals surface area contributed by atoms with Crippen molar-refractivity contribution < 1.29 is 44.3 Å². The summed E-state index contributed by atoms with van der Waals surface area (Å²) in [6, 6.07) is 8.16. The molecular formula is C21H16F6N2O4S2. The van der Waals surface area contributed by atoms with Crippen LogP contribution in [-0.2, 0) is 27.0 Å². The van der Waals surface area contributed by atoms with E-state index < -0.39 is 68.6 Å². The number of amidine groups is 1. The molecule has 0 saturated carbocycles. The van der Waals surface area contributed by atoms with Gasteiger partial charge in [-0.1, -0.05) is 30.0 Å². The summed E-state index contributed by atoms with van der Waals surface area (Å²) >= 11 is 0.821. The lowest BCUT2D eigenvalue weighted by Crippen LogP contribution is -2.38. The minimum Gasteiger partial charge on any atom is -0.484 e. The molecule has 6 nitrogen and oxygen atoms in total. The minimum atomic E-state index is -5.10. The largest absolute Gasteiger partial charge is 0.484 e. The van der Waals surface area contributed by atoms with Crippen molar-refractivity contribution in [3.63, 3.8) is 0 Å². The van der Waals surface area contributed by atoms with E-state index in [1.54, 1.807) is 30.3 Å². The maximum atomic E-state index is 13.4. The number of fused-ring (bicyclic) bond motifs is 1. The number of thioether (sulfide) groups is 1. The van der Waals surface area contributed by atoms with Crippen LogP contribution in [-0.4, -0.2) is 48.9 Å². The van der Waals surface area contributed by atoms with Gasteiger partial charge in [0.1, 0.15) is 5.75 Å². The number of hydrogen-bond acceptors (Lipinski definition) is 5. The van der Waals surface area contributed by atoms with Crippen molar-refractivity contribution in [2.45, 2.75) is 23.6 Å². The number of carbonyl (C=O) groups is 1. The highest BCUT2D eigenvalue weighted by Crippen LogP contribution is 2.44. The lowest BCUT2D eigenvalue weighted by atomic mass is 10.1. The molecule has 0 aromatic heterocycles. The van der Waals surface area contributed by atoms with Crippen LogP contribution < -0.4 is 9.64 Å². The van der Waals surface area contributed by atoms with Crippen LogP contribution in [0.15, 0.2) is 53.5 Å². The minimum absolute atomic E-state index is 0.0226. The van der Waals surface area contributed by atoms with Crippen LogP contribution >= 0.6 is 11.8 Å². The van der Waals surface area contributed by atoms with Crippen LogP contribution in [0.2, 0.25) is 0 Å². The van der Waals surface area contributed by atoms with E-state index in [0.29, 0.717) is 17.9 Å². The fourth-order valence-corrected chi connectivity index (χ4v) is 7.68. The first-order chi connectivity index (χ1) is 16.2. The first-order valence-electron chi connectivity index (χ1n) is 9.98. The second-order valence-electron chi connectivity index (χ2n) is 7.82. The zero-order valence-corrected chi connectivity index (χ0v) is 19.1. The number of carbonyl (C=O) groups excluding carboxylic acids is 1. The molecule has 2 aromatic rings. The lowest BCUT2D eigenvalue weighted by Gasteiger charge is -2.26. The molecule has 2 heterocycles. The van der Waals surface area contributed by atoms with Gasteiger partial charge in [-0.05, 0) is 30.3 Å². The predicted octanol–water partition coefficient (Wildman–Crippen LogP) is 4.40. The number of sulfone groups is 1. The van der Waals surface area contributed by atoms with Crippen LogP contribution in [0.1, 0.15) is 11.1 Å². The maximum Gasteiger partial charge on any atom is 0.416 e. The Labute approximate surface area is 199 Å². The molecule has 0 spiro atoms. The molecule has 2 aliphatic rings. The fraction of sp³-hybridized carbons (Fsp3) is 0.333. The Balaban J connectivity index is 1.72. The number of nitrogens with zero attached hydrogens (tertiary/aromatic N) is 2. The highest BCUT2D eigenvalue weighted by molar-refractivity contribution is 8.16. The van der Waals surface area contributed by atoms with E-state index in [2.05, 4.69) is 4.99 Å². The Bertz CT molecular complexity index is 1230. The Hall–Kier alpha value is -2.74. The number of benzene rings is 2. The van der Waals surface area contributed by atoms with E-state index in [0.717, 1.165) is 16.7 Å². The number of aliphatic imine (C=N–C) groups is 1. The maximum absolute atomic E-state index is 13.4. The van der Waals surface area contributed by atoms with Crippen molar-refractivity contribution in [1.29, 1.82) is 0 Å². The number of rotatable bonds is 4. The highest BCUT2D eigenvalue weighted by atomic mass is 32.2. The fourth-order valence-electron chi connectivity index (χ4n) is 3.74. The molecule has 4 rings (SSSR count). The van der Waals surface area contributed by atoms with Crippen LogP contribution in [0, 0.1) is 0 Å². The third-order valence-electron chi connectivity index (χ3n) is 5.24. The Morgan fingerprint density at radius 2 is 1.60 bits per heavy atom. The van der Waals surface area contributed by atoms with Gasteiger partial charge in [0.25, 0.3) is 5.91 Å². The topological polar surface area (TPSA) is 76.0 Å². The van der Waals surface area contributed by atoms with E-state index in [1.807, 2.05) is 0 Å². The van der Waals surface area contributed by atoms with Crippen molar-refractivity contribution >= 4 is 38.4 Å². The zero-order valence-electron chi connectivity index (χ0n) is 17.5. The van der Waals surface area contributed by atoms with Crippen molar-refractivity contribution in [3.8, 4) is 5.75 Å². The molecule has 1 amide bonds. The summed E-state index contributed by atoms with van der Waals surface area (Å²) in [5.41, 5.74) is -3.68. The molecule has 188 valence electrons. The molecule has 14 heteroatoms. The van der Waals surface area contributed by atoms with E-state index in [4.69, 9.17) is 4.74 Å². The Kier molecular flexibility index (Phi) is 6.55. The van der Waals surface area contributed by atoms with Crippen molar-refractivity contribution in [3.05, 3.63) is 59.7 Å². The van der Waals surface area contributed by atoms with Gasteiger partial charge in [0.05, 0.1) is 28.7 Å². The van der Waals surface area contributed by atoms with Crippen LogP contribution in [0.4, 0.5) is 32.0 Å². The normalized spacial score (nSPS) is 22.9. The quantitative estimate of drug-likeness (QED) is 0.538. The van der Waals surface area contributed by atoms with Gasteiger partial charge < -0.3 is 9.64 Å². The molecule has 0 radical (unpaired) electrons. The molecule has 2 fully saturated rings. The van der Waals surface area contributed by atoms with E-state index in [-0.39, 0.29) is 17.0 Å². The molecule has 2 saturated heterocycles. The van der Waals surface area contributed by atoms with Crippen molar-refractivity contribution in [2.75, 3.05) is 23.0 Å². The molecular weight excluding hydrogens is 522 g/mol. The molecule has 0 unspecified atom stereocenters. The van der Waals surface area contributed by atoms with Gasteiger partial charge in [-0.15, -0.1) is 0 Å². The number of anilines is 1. The van der Waals surface area contributed by atoms with E-state index >= 15 is 0 Å². The Morgan fingerprint density at radius 3 is 2.17 bits per heavy atom. The summed E-state index contributed by atoms with van der Waals surface area (Å²) in [7, 11) is -3.59. The highest BCUT2D eigenvalue weighted by Gasteiger charge is 2.50. The summed E-state index contributed by atoms with van der Waals surface area (Å²) in [6.07, 6.45) is -10.2. The molecule has 2 aromatic carbocycles. The van der Waals surface area contributed by atoms with E-state index in [9.17, 15) is 39.6 Å². The standard InChI is InChI=1S/C21H16F6N2O4S2/c22-20(23,24)12-6-13(21(25,26)27)8-14(7-12)29-16-10-35(31,32)11-17(16)34-19(29)28-18(30)9-33-15-4-2-1-3-5-15/h1-8,16-17H,9-11H2/t16-,17-/m0/s1. The van der Waals surface area contributed by atoms with Gasteiger partial charge >= 0.3 is 12.4 Å². The summed E-state index contributed by atoms with van der Waals surface area (Å²) in [6.45, 7) is -0.536. The van der Waals surface area contributed by atoms with Gasteiger partial charge in [0, 0.05) is 10.9 Å². The molecule has 35 heavy (non-hydrogen) atoms. The van der Waals surface area contributed by atoms with Gasteiger partial charge in [0.2, 0.25) is 0 Å². The molecule has 0 N–H and O–H groups in total. The summed E-state index contributed by atoms with van der Waals surface area (Å²) < 4.78 is 110.